The monoisotopic (exact) mass is 229 g/mol. The van der Waals surface area contributed by atoms with E-state index in [1.807, 2.05) is 30.3 Å². The lowest BCUT2D eigenvalue weighted by molar-refractivity contribution is 0.229. The fraction of sp³-hybridized carbons (Fsp3) is 0.333. The zero-order chi connectivity index (χ0) is 11.1. The van der Waals surface area contributed by atoms with Gasteiger partial charge in [-0.25, -0.2) is 0 Å². The van der Waals surface area contributed by atoms with Crippen molar-refractivity contribution in [2.75, 3.05) is 0 Å². The molecule has 3 atom stereocenters. The van der Waals surface area contributed by atoms with Crippen LogP contribution in [0.5, 0.6) is 0 Å². The van der Waals surface area contributed by atoms with Crippen LogP contribution in [-0.2, 0) is 10.1 Å². The highest BCUT2D eigenvalue weighted by molar-refractivity contribution is 7.86. The van der Waals surface area contributed by atoms with Gasteiger partial charge in [0, 0.05) is 0 Å². The molecule has 0 amide bonds. The first-order chi connectivity index (χ1) is 7.00. The van der Waals surface area contributed by atoms with Crippen LogP contribution < -0.4 is 5.32 Å². The van der Waals surface area contributed by atoms with E-state index in [2.05, 4.69) is 5.32 Å². The maximum atomic E-state index is 10.7. The number of aliphatic hydroxyl groups excluding tert-OH is 1. The van der Waals surface area contributed by atoms with Gasteiger partial charge in [0.1, 0.15) is 0 Å². The molecule has 0 aromatic heterocycles. The Morgan fingerprint density at radius 1 is 1.27 bits per heavy atom. The predicted molar refractivity (Wildman–Crippen MR) is 53.7 cm³/mol. The second-order valence-corrected chi connectivity index (χ2v) is 5.00. The second-order valence-electron chi connectivity index (χ2n) is 3.49. The fourth-order valence-corrected chi connectivity index (χ4v) is 2.15. The van der Waals surface area contributed by atoms with Crippen LogP contribution in [0.3, 0.4) is 0 Å². The van der Waals surface area contributed by atoms with Gasteiger partial charge in [-0.15, -0.1) is 0 Å². The van der Waals surface area contributed by atoms with Crippen LogP contribution in [0.2, 0.25) is 0 Å². The van der Waals surface area contributed by atoms with Crippen LogP contribution in [0.15, 0.2) is 30.3 Å². The Morgan fingerprint density at radius 2 is 1.87 bits per heavy atom. The van der Waals surface area contributed by atoms with Gasteiger partial charge in [0.15, 0.2) is 5.44 Å². The van der Waals surface area contributed by atoms with Crippen molar-refractivity contribution in [1.29, 1.82) is 0 Å². The van der Waals surface area contributed by atoms with Crippen LogP contribution in [-0.4, -0.2) is 29.6 Å². The van der Waals surface area contributed by atoms with Gasteiger partial charge < -0.3 is 10.4 Å². The zero-order valence-electron chi connectivity index (χ0n) is 7.74. The molecule has 1 unspecified atom stereocenters. The average Bonchev–Trinajstić information content (AvgIpc) is 2.96. The van der Waals surface area contributed by atoms with Crippen LogP contribution >= 0.6 is 0 Å². The summed E-state index contributed by atoms with van der Waals surface area (Å²) in [7, 11) is -4.39. The van der Waals surface area contributed by atoms with E-state index in [0.29, 0.717) is 0 Å². The lowest BCUT2D eigenvalue weighted by Crippen LogP contribution is -2.27. The summed E-state index contributed by atoms with van der Waals surface area (Å²) < 4.78 is 30.0. The summed E-state index contributed by atoms with van der Waals surface area (Å²) in [5, 5.41) is 12.1. The molecule has 15 heavy (non-hydrogen) atoms. The summed E-state index contributed by atoms with van der Waals surface area (Å²) in [6, 6.07) is 8.33. The highest BCUT2D eigenvalue weighted by Gasteiger charge is 2.47. The van der Waals surface area contributed by atoms with Gasteiger partial charge in [0.2, 0.25) is 0 Å². The molecule has 0 spiro atoms. The molecule has 1 aromatic rings. The number of hydrogen-bond acceptors (Lipinski definition) is 4. The highest BCUT2D eigenvalue weighted by atomic mass is 32.2. The van der Waals surface area contributed by atoms with Crippen molar-refractivity contribution in [3.05, 3.63) is 35.9 Å². The first kappa shape index (κ1) is 10.6. The predicted octanol–water partition coefficient (Wildman–Crippen LogP) is -0.0943. The minimum atomic E-state index is -4.39. The van der Waals surface area contributed by atoms with Gasteiger partial charge in [-0.1, -0.05) is 30.3 Å². The third kappa shape index (κ3) is 2.18. The van der Waals surface area contributed by atoms with E-state index in [4.69, 9.17) is 4.55 Å². The summed E-state index contributed by atoms with van der Waals surface area (Å²) in [6.07, 6.45) is 0. The zero-order valence-corrected chi connectivity index (χ0v) is 8.55. The van der Waals surface area contributed by atoms with Gasteiger partial charge in [0.25, 0.3) is 10.1 Å². The largest absolute Gasteiger partial charge is 0.374 e. The molecule has 6 heteroatoms. The van der Waals surface area contributed by atoms with E-state index >= 15 is 0 Å². The Kier molecular flexibility index (Phi) is 2.51. The Balaban J connectivity index is 2.09. The summed E-state index contributed by atoms with van der Waals surface area (Å²) in [4.78, 5) is 0. The average molecular weight is 229 g/mol. The Morgan fingerprint density at radius 3 is 2.40 bits per heavy atom. The molecular formula is C9H11NO4S. The standard InChI is InChI=1S/C9H11NO4S/c11-9(15(12,13)14)8-7(10-8)6-4-2-1-3-5-6/h1-5,7-11H,(H,12,13,14)/t7-,8+,9?/m1/s1. The summed E-state index contributed by atoms with van der Waals surface area (Å²) >= 11 is 0. The normalized spacial score (nSPS) is 27.3. The van der Waals surface area contributed by atoms with E-state index in [1.54, 1.807) is 0 Å². The topological polar surface area (TPSA) is 96.5 Å². The summed E-state index contributed by atoms with van der Waals surface area (Å²) in [5.74, 6) is 0. The van der Waals surface area contributed by atoms with Crippen molar-refractivity contribution in [3.8, 4) is 0 Å². The number of benzene rings is 1. The van der Waals surface area contributed by atoms with Crippen LogP contribution in [0.1, 0.15) is 11.6 Å². The van der Waals surface area contributed by atoms with Crippen molar-refractivity contribution >= 4 is 10.1 Å². The minimum Gasteiger partial charge on any atom is -0.374 e. The van der Waals surface area contributed by atoms with Gasteiger partial charge in [-0.3, -0.25) is 4.55 Å². The quantitative estimate of drug-likeness (QED) is 0.497. The molecule has 1 aromatic carbocycles. The highest BCUT2D eigenvalue weighted by Crippen LogP contribution is 2.32. The number of hydrogen-bond donors (Lipinski definition) is 3. The molecule has 0 saturated carbocycles. The summed E-state index contributed by atoms with van der Waals surface area (Å²) in [6.45, 7) is 0. The molecule has 0 bridgehead atoms. The molecule has 1 saturated heterocycles. The molecule has 0 aliphatic carbocycles. The van der Waals surface area contributed by atoms with Crippen molar-refractivity contribution < 1.29 is 18.1 Å². The van der Waals surface area contributed by atoms with Crippen LogP contribution in [0, 0.1) is 0 Å². The van der Waals surface area contributed by atoms with Crippen molar-refractivity contribution in [3.63, 3.8) is 0 Å². The van der Waals surface area contributed by atoms with Crippen LogP contribution in [0.25, 0.3) is 0 Å². The third-order valence-electron chi connectivity index (χ3n) is 2.39. The van der Waals surface area contributed by atoms with Gasteiger partial charge in [-0.2, -0.15) is 8.42 Å². The smallest absolute Gasteiger partial charge is 0.293 e. The fourth-order valence-electron chi connectivity index (χ4n) is 1.55. The van der Waals surface area contributed by atoms with E-state index in [9.17, 15) is 13.5 Å². The molecule has 1 aliphatic heterocycles. The minimum absolute atomic E-state index is 0.205. The van der Waals surface area contributed by atoms with Crippen LogP contribution in [0.4, 0.5) is 0 Å². The molecule has 0 radical (unpaired) electrons. The lowest BCUT2D eigenvalue weighted by Gasteiger charge is -2.04. The Hall–Kier alpha value is -0.950. The van der Waals surface area contributed by atoms with E-state index in [-0.39, 0.29) is 6.04 Å². The first-order valence-corrected chi connectivity index (χ1v) is 5.96. The maximum Gasteiger partial charge on any atom is 0.293 e. The molecule has 5 nitrogen and oxygen atoms in total. The van der Waals surface area contributed by atoms with Gasteiger partial charge >= 0.3 is 0 Å². The molecule has 1 fully saturated rings. The first-order valence-electron chi connectivity index (χ1n) is 4.45. The lowest BCUT2D eigenvalue weighted by atomic mass is 10.1. The van der Waals surface area contributed by atoms with E-state index < -0.39 is 21.6 Å². The van der Waals surface area contributed by atoms with E-state index in [0.717, 1.165) is 5.56 Å². The number of aliphatic hydroxyl groups is 1. The van der Waals surface area contributed by atoms with Gasteiger partial charge in [0.05, 0.1) is 12.1 Å². The Labute approximate surface area is 87.5 Å². The molecular weight excluding hydrogens is 218 g/mol. The maximum absolute atomic E-state index is 10.7. The molecule has 1 aliphatic rings. The van der Waals surface area contributed by atoms with Crippen molar-refractivity contribution in [2.45, 2.75) is 17.5 Å². The summed E-state index contributed by atoms with van der Waals surface area (Å²) in [5.41, 5.74) is -0.868. The molecule has 3 N–H and O–H groups in total. The molecule has 2 rings (SSSR count). The van der Waals surface area contributed by atoms with Gasteiger partial charge in [-0.05, 0) is 5.56 Å². The molecule has 1 heterocycles. The SMILES string of the molecule is O=S(=O)(O)C(O)[C@H]1N[C@@H]1c1ccccc1. The van der Waals surface area contributed by atoms with Crippen molar-refractivity contribution in [2.24, 2.45) is 0 Å². The third-order valence-corrected chi connectivity index (χ3v) is 3.30. The number of rotatable bonds is 3. The van der Waals surface area contributed by atoms with Crippen molar-refractivity contribution in [1.82, 2.24) is 5.32 Å². The Bertz CT molecular complexity index is 444. The van der Waals surface area contributed by atoms with E-state index in [1.165, 1.54) is 0 Å². The number of nitrogens with one attached hydrogen (secondary N) is 1. The molecule has 82 valence electrons. The second kappa shape index (κ2) is 3.57.